The molecule has 0 aliphatic carbocycles. The molecule has 2 aromatic heterocycles. The normalized spacial score (nSPS) is 15.0. The second kappa shape index (κ2) is 6.01. The van der Waals surface area contributed by atoms with Crippen LogP contribution in [0.25, 0.3) is 0 Å². The summed E-state index contributed by atoms with van der Waals surface area (Å²) in [5.41, 5.74) is 1.81. The van der Waals surface area contributed by atoms with Gasteiger partial charge < -0.3 is 14.2 Å². The third kappa shape index (κ3) is 2.86. The Morgan fingerprint density at radius 3 is 2.32 bits per heavy atom. The van der Waals surface area contributed by atoms with Crippen LogP contribution in [0.2, 0.25) is 0 Å². The van der Waals surface area contributed by atoms with Gasteiger partial charge in [0.15, 0.2) is 0 Å². The topological polar surface area (TPSA) is 66.7 Å². The summed E-state index contributed by atoms with van der Waals surface area (Å²) >= 11 is 0. The van der Waals surface area contributed by atoms with Gasteiger partial charge in [-0.1, -0.05) is 6.07 Å². The quantitative estimate of drug-likeness (QED) is 0.844. The fourth-order valence-electron chi connectivity index (χ4n) is 2.51. The first-order valence-corrected chi connectivity index (χ1v) is 7.19. The minimum absolute atomic E-state index is 0.0606. The molecule has 0 spiro atoms. The Morgan fingerprint density at radius 2 is 1.73 bits per heavy atom. The molecule has 1 saturated heterocycles. The van der Waals surface area contributed by atoms with Gasteiger partial charge in [-0.2, -0.15) is 0 Å². The molecule has 2 amide bonds. The van der Waals surface area contributed by atoms with Gasteiger partial charge in [0.25, 0.3) is 11.8 Å². The molecule has 114 valence electrons. The van der Waals surface area contributed by atoms with Crippen molar-refractivity contribution in [2.24, 2.45) is 0 Å². The summed E-state index contributed by atoms with van der Waals surface area (Å²) in [4.78, 5) is 32.3. The van der Waals surface area contributed by atoms with Crippen LogP contribution in [0.3, 0.4) is 0 Å². The molecule has 0 saturated carbocycles. The van der Waals surface area contributed by atoms with Crippen molar-refractivity contribution in [3.05, 3.63) is 53.7 Å². The molecule has 3 rings (SSSR count). The third-order valence-corrected chi connectivity index (χ3v) is 3.73. The van der Waals surface area contributed by atoms with Crippen LogP contribution < -0.4 is 0 Å². The van der Waals surface area contributed by atoms with Gasteiger partial charge in [0, 0.05) is 31.9 Å². The van der Waals surface area contributed by atoms with Gasteiger partial charge in [-0.05, 0) is 25.1 Å². The first kappa shape index (κ1) is 14.3. The van der Waals surface area contributed by atoms with Crippen molar-refractivity contribution in [2.75, 3.05) is 26.2 Å². The van der Waals surface area contributed by atoms with E-state index in [4.69, 9.17) is 4.42 Å². The summed E-state index contributed by atoms with van der Waals surface area (Å²) in [6.07, 6.45) is 2.92. The molecular formula is C16H17N3O3. The molecule has 6 nitrogen and oxygen atoms in total. The minimum Gasteiger partial charge on any atom is -0.472 e. The molecular weight excluding hydrogens is 282 g/mol. The Morgan fingerprint density at radius 1 is 1.05 bits per heavy atom. The number of aromatic nitrogens is 1. The van der Waals surface area contributed by atoms with Gasteiger partial charge in [-0.15, -0.1) is 0 Å². The van der Waals surface area contributed by atoms with E-state index in [1.54, 1.807) is 21.9 Å². The Labute approximate surface area is 128 Å². The lowest BCUT2D eigenvalue weighted by atomic mass is 10.2. The Kier molecular flexibility index (Phi) is 3.91. The zero-order chi connectivity index (χ0) is 15.5. The molecule has 6 heteroatoms. The van der Waals surface area contributed by atoms with Gasteiger partial charge in [0.2, 0.25) is 0 Å². The predicted molar refractivity (Wildman–Crippen MR) is 79.5 cm³/mol. The SMILES string of the molecule is Cc1cccc(C(=O)N2CCN(C(=O)c3ccoc3)CC2)n1. The van der Waals surface area contributed by atoms with Crippen molar-refractivity contribution < 1.29 is 14.0 Å². The van der Waals surface area contributed by atoms with Crippen molar-refractivity contribution in [1.82, 2.24) is 14.8 Å². The van der Waals surface area contributed by atoms with Crippen molar-refractivity contribution >= 4 is 11.8 Å². The number of hydrogen-bond acceptors (Lipinski definition) is 4. The van der Waals surface area contributed by atoms with E-state index in [2.05, 4.69) is 4.98 Å². The van der Waals surface area contributed by atoms with E-state index in [0.29, 0.717) is 37.4 Å². The second-order valence-corrected chi connectivity index (χ2v) is 5.26. The van der Waals surface area contributed by atoms with Crippen molar-refractivity contribution in [1.29, 1.82) is 0 Å². The van der Waals surface area contributed by atoms with E-state index in [-0.39, 0.29) is 11.8 Å². The first-order valence-electron chi connectivity index (χ1n) is 7.19. The number of carbonyl (C=O) groups is 2. The number of hydrogen-bond donors (Lipinski definition) is 0. The van der Waals surface area contributed by atoms with E-state index < -0.39 is 0 Å². The highest BCUT2D eigenvalue weighted by Crippen LogP contribution is 2.11. The van der Waals surface area contributed by atoms with Crippen molar-refractivity contribution in [3.63, 3.8) is 0 Å². The molecule has 1 aliphatic heterocycles. The van der Waals surface area contributed by atoms with Gasteiger partial charge in [0.05, 0.1) is 11.8 Å². The van der Waals surface area contributed by atoms with Crippen LogP contribution in [-0.4, -0.2) is 52.8 Å². The number of nitrogens with zero attached hydrogens (tertiary/aromatic N) is 3. The number of piperazine rings is 1. The van der Waals surface area contributed by atoms with Gasteiger partial charge in [-0.25, -0.2) is 4.98 Å². The first-order chi connectivity index (χ1) is 10.6. The maximum absolute atomic E-state index is 12.4. The number of amides is 2. The molecule has 22 heavy (non-hydrogen) atoms. The van der Waals surface area contributed by atoms with E-state index in [1.165, 1.54) is 12.5 Å². The van der Waals surface area contributed by atoms with Crippen molar-refractivity contribution in [3.8, 4) is 0 Å². The van der Waals surface area contributed by atoms with Crippen LogP contribution in [0.4, 0.5) is 0 Å². The summed E-state index contributed by atoms with van der Waals surface area (Å²) < 4.78 is 4.93. The van der Waals surface area contributed by atoms with Crippen LogP contribution in [0.15, 0.2) is 41.2 Å². The molecule has 0 N–H and O–H groups in total. The van der Waals surface area contributed by atoms with Gasteiger partial charge >= 0.3 is 0 Å². The molecule has 1 aliphatic rings. The van der Waals surface area contributed by atoms with Crippen LogP contribution in [0, 0.1) is 6.92 Å². The van der Waals surface area contributed by atoms with Crippen LogP contribution in [0.1, 0.15) is 26.5 Å². The summed E-state index contributed by atoms with van der Waals surface area (Å²) in [6, 6.07) is 7.06. The number of furan rings is 1. The van der Waals surface area contributed by atoms with Crippen molar-refractivity contribution in [2.45, 2.75) is 6.92 Å². The van der Waals surface area contributed by atoms with E-state index >= 15 is 0 Å². The number of carbonyl (C=O) groups excluding carboxylic acids is 2. The summed E-state index contributed by atoms with van der Waals surface area (Å²) in [6.45, 7) is 3.91. The summed E-state index contributed by atoms with van der Waals surface area (Å²) in [7, 11) is 0. The molecule has 1 fully saturated rings. The highest BCUT2D eigenvalue weighted by molar-refractivity contribution is 5.95. The summed E-state index contributed by atoms with van der Waals surface area (Å²) in [5, 5.41) is 0. The van der Waals surface area contributed by atoms with Gasteiger partial charge in [-0.3, -0.25) is 9.59 Å². The number of aryl methyl sites for hydroxylation is 1. The van der Waals surface area contributed by atoms with Crippen LogP contribution in [0.5, 0.6) is 0 Å². The van der Waals surface area contributed by atoms with Crippen LogP contribution >= 0.6 is 0 Å². The van der Waals surface area contributed by atoms with E-state index in [1.807, 2.05) is 19.1 Å². The Hall–Kier alpha value is -2.63. The Bertz CT molecular complexity index is 674. The molecule has 0 aromatic carbocycles. The maximum atomic E-state index is 12.4. The molecule has 0 atom stereocenters. The lowest BCUT2D eigenvalue weighted by Crippen LogP contribution is -2.50. The monoisotopic (exact) mass is 299 g/mol. The predicted octanol–water partition coefficient (Wildman–Crippen LogP) is 1.58. The Balaban J connectivity index is 1.62. The lowest BCUT2D eigenvalue weighted by molar-refractivity contribution is 0.0532. The average molecular weight is 299 g/mol. The largest absolute Gasteiger partial charge is 0.472 e. The van der Waals surface area contributed by atoms with Crippen LogP contribution in [-0.2, 0) is 0 Å². The molecule has 3 heterocycles. The maximum Gasteiger partial charge on any atom is 0.272 e. The highest BCUT2D eigenvalue weighted by atomic mass is 16.3. The molecule has 0 unspecified atom stereocenters. The second-order valence-electron chi connectivity index (χ2n) is 5.26. The minimum atomic E-state index is -0.0842. The smallest absolute Gasteiger partial charge is 0.272 e. The average Bonchev–Trinajstić information content (AvgIpc) is 3.08. The third-order valence-electron chi connectivity index (χ3n) is 3.73. The standard InChI is InChI=1S/C16H17N3O3/c1-12-3-2-4-14(17-12)16(21)19-8-6-18(7-9-19)15(20)13-5-10-22-11-13/h2-5,10-11H,6-9H2,1H3. The fourth-order valence-corrected chi connectivity index (χ4v) is 2.51. The highest BCUT2D eigenvalue weighted by Gasteiger charge is 2.26. The van der Waals surface area contributed by atoms with E-state index in [9.17, 15) is 9.59 Å². The lowest BCUT2D eigenvalue weighted by Gasteiger charge is -2.34. The van der Waals surface area contributed by atoms with E-state index in [0.717, 1.165) is 5.69 Å². The fraction of sp³-hybridized carbons (Fsp3) is 0.312. The summed E-state index contributed by atoms with van der Waals surface area (Å²) in [5.74, 6) is -0.145. The zero-order valence-corrected chi connectivity index (χ0v) is 12.4. The molecule has 2 aromatic rings. The molecule has 0 bridgehead atoms. The molecule has 0 radical (unpaired) electrons. The number of pyridine rings is 1. The number of rotatable bonds is 2. The zero-order valence-electron chi connectivity index (χ0n) is 12.4. The van der Waals surface area contributed by atoms with Gasteiger partial charge in [0.1, 0.15) is 12.0 Å².